The SMILES string of the molecule is COC(C(C)C)C(Cc1ccc(C)c(C)c1)NN. The van der Waals surface area contributed by atoms with Gasteiger partial charge in [0.05, 0.1) is 12.1 Å². The molecule has 0 fully saturated rings. The summed E-state index contributed by atoms with van der Waals surface area (Å²) in [6, 6.07) is 6.69. The van der Waals surface area contributed by atoms with Crippen LogP contribution in [0.5, 0.6) is 0 Å². The van der Waals surface area contributed by atoms with Gasteiger partial charge in [-0.05, 0) is 42.9 Å². The van der Waals surface area contributed by atoms with E-state index in [1.54, 1.807) is 7.11 Å². The van der Waals surface area contributed by atoms with Crippen molar-refractivity contribution in [3.05, 3.63) is 34.9 Å². The van der Waals surface area contributed by atoms with Gasteiger partial charge in [-0.15, -0.1) is 0 Å². The van der Waals surface area contributed by atoms with E-state index in [0.29, 0.717) is 5.92 Å². The summed E-state index contributed by atoms with van der Waals surface area (Å²) in [5.41, 5.74) is 6.83. The van der Waals surface area contributed by atoms with Crippen molar-refractivity contribution in [2.75, 3.05) is 7.11 Å². The minimum Gasteiger partial charge on any atom is -0.380 e. The molecule has 0 saturated heterocycles. The van der Waals surface area contributed by atoms with Gasteiger partial charge >= 0.3 is 0 Å². The maximum absolute atomic E-state index is 5.67. The Labute approximate surface area is 111 Å². The molecule has 0 spiro atoms. The first kappa shape index (κ1) is 15.2. The Balaban J connectivity index is 2.81. The number of nitrogens with one attached hydrogen (secondary N) is 1. The first-order valence-corrected chi connectivity index (χ1v) is 6.54. The van der Waals surface area contributed by atoms with Gasteiger partial charge < -0.3 is 4.74 Å². The molecule has 0 aliphatic carbocycles. The molecule has 0 radical (unpaired) electrons. The Morgan fingerprint density at radius 2 is 1.89 bits per heavy atom. The molecule has 2 unspecified atom stereocenters. The maximum atomic E-state index is 5.67. The smallest absolute Gasteiger partial charge is 0.0763 e. The normalized spacial score (nSPS) is 14.8. The van der Waals surface area contributed by atoms with E-state index in [0.717, 1.165) is 6.42 Å². The van der Waals surface area contributed by atoms with Crippen LogP contribution in [0.1, 0.15) is 30.5 Å². The van der Waals surface area contributed by atoms with Gasteiger partial charge in [0.2, 0.25) is 0 Å². The standard InChI is InChI=1S/C15H26N2O/c1-10(2)15(18-5)14(17-16)9-13-7-6-11(3)12(4)8-13/h6-8,10,14-15,17H,9,16H2,1-5H3. The van der Waals surface area contributed by atoms with Crippen LogP contribution in [0.15, 0.2) is 18.2 Å². The number of nitrogens with two attached hydrogens (primary N) is 1. The molecule has 0 aliphatic rings. The number of hydrazine groups is 1. The van der Waals surface area contributed by atoms with Gasteiger partial charge in [0, 0.05) is 7.11 Å². The Morgan fingerprint density at radius 3 is 2.33 bits per heavy atom. The Hall–Kier alpha value is -0.900. The third-order valence-electron chi connectivity index (χ3n) is 3.57. The van der Waals surface area contributed by atoms with E-state index in [4.69, 9.17) is 10.6 Å². The summed E-state index contributed by atoms with van der Waals surface area (Å²) in [5.74, 6) is 6.11. The van der Waals surface area contributed by atoms with E-state index >= 15 is 0 Å². The van der Waals surface area contributed by atoms with Gasteiger partial charge in [-0.25, -0.2) is 0 Å². The highest BCUT2D eigenvalue weighted by Gasteiger charge is 2.23. The molecular weight excluding hydrogens is 224 g/mol. The van der Waals surface area contributed by atoms with Crippen molar-refractivity contribution in [1.29, 1.82) is 0 Å². The fourth-order valence-electron chi connectivity index (χ4n) is 2.36. The van der Waals surface area contributed by atoms with Crippen LogP contribution in [0.25, 0.3) is 0 Å². The second kappa shape index (κ2) is 6.88. The van der Waals surface area contributed by atoms with Crippen LogP contribution >= 0.6 is 0 Å². The third kappa shape index (κ3) is 3.80. The molecule has 3 nitrogen and oxygen atoms in total. The predicted octanol–water partition coefficient (Wildman–Crippen LogP) is 2.35. The topological polar surface area (TPSA) is 47.3 Å². The third-order valence-corrected chi connectivity index (χ3v) is 3.57. The van der Waals surface area contributed by atoms with Crippen LogP contribution in [0.3, 0.4) is 0 Å². The molecular formula is C15H26N2O. The van der Waals surface area contributed by atoms with Crippen molar-refractivity contribution < 1.29 is 4.74 Å². The van der Waals surface area contributed by atoms with E-state index in [-0.39, 0.29) is 12.1 Å². The van der Waals surface area contributed by atoms with Crippen LogP contribution < -0.4 is 11.3 Å². The minimum atomic E-state index is 0.122. The maximum Gasteiger partial charge on any atom is 0.0763 e. The molecule has 0 bridgehead atoms. The van der Waals surface area contributed by atoms with Gasteiger partial charge in [-0.1, -0.05) is 32.0 Å². The zero-order valence-electron chi connectivity index (χ0n) is 12.2. The molecule has 1 aromatic carbocycles. The van der Waals surface area contributed by atoms with Crippen LogP contribution in [0.4, 0.5) is 0 Å². The van der Waals surface area contributed by atoms with E-state index in [1.807, 2.05) is 0 Å². The summed E-state index contributed by atoms with van der Waals surface area (Å²) >= 11 is 0. The number of hydrogen-bond donors (Lipinski definition) is 2. The fraction of sp³-hybridized carbons (Fsp3) is 0.600. The highest BCUT2D eigenvalue weighted by Crippen LogP contribution is 2.16. The number of aryl methyl sites for hydroxylation is 2. The van der Waals surface area contributed by atoms with Crippen LogP contribution in [0, 0.1) is 19.8 Å². The molecule has 0 aromatic heterocycles. The lowest BCUT2D eigenvalue weighted by molar-refractivity contribution is 0.0332. The summed E-state index contributed by atoms with van der Waals surface area (Å²) < 4.78 is 5.55. The summed E-state index contributed by atoms with van der Waals surface area (Å²) in [6.45, 7) is 8.57. The Bertz CT molecular complexity index is 377. The number of benzene rings is 1. The average Bonchev–Trinajstić information content (AvgIpc) is 2.33. The van der Waals surface area contributed by atoms with Gasteiger partial charge in [0.1, 0.15) is 0 Å². The lowest BCUT2D eigenvalue weighted by Gasteiger charge is -2.28. The molecule has 1 rings (SSSR count). The highest BCUT2D eigenvalue weighted by atomic mass is 16.5. The Morgan fingerprint density at radius 1 is 1.22 bits per heavy atom. The van der Waals surface area contributed by atoms with Crippen LogP contribution in [-0.2, 0) is 11.2 Å². The lowest BCUT2D eigenvalue weighted by atomic mass is 9.93. The van der Waals surface area contributed by atoms with E-state index in [9.17, 15) is 0 Å². The first-order valence-electron chi connectivity index (χ1n) is 6.54. The van der Waals surface area contributed by atoms with Gasteiger partial charge in [0.25, 0.3) is 0 Å². The van der Waals surface area contributed by atoms with Crippen molar-refractivity contribution in [3.63, 3.8) is 0 Å². The van der Waals surface area contributed by atoms with Crippen molar-refractivity contribution in [1.82, 2.24) is 5.43 Å². The zero-order valence-corrected chi connectivity index (χ0v) is 12.2. The number of ether oxygens (including phenoxy) is 1. The van der Waals surface area contributed by atoms with E-state index in [1.165, 1.54) is 16.7 Å². The second-order valence-corrected chi connectivity index (χ2v) is 5.34. The Kier molecular flexibility index (Phi) is 5.79. The molecule has 3 N–H and O–H groups in total. The van der Waals surface area contributed by atoms with E-state index in [2.05, 4.69) is 51.3 Å². The monoisotopic (exact) mass is 250 g/mol. The van der Waals surface area contributed by atoms with E-state index < -0.39 is 0 Å². The largest absolute Gasteiger partial charge is 0.380 e. The van der Waals surface area contributed by atoms with Crippen molar-refractivity contribution in [3.8, 4) is 0 Å². The van der Waals surface area contributed by atoms with Crippen molar-refractivity contribution >= 4 is 0 Å². The summed E-state index contributed by atoms with van der Waals surface area (Å²) in [7, 11) is 1.75. The first-order chi connectivity index (χ1) is 8.49. The molecule has 102 valence electrons. The number of rotatable bonds is 6. The second-order valence-electron chi connectivity index (χ2n) is 5.34. The summed E-state index contributed by atoms with van der Waals surface area (Å²) in [4.78, 5) is 0. The minimum absolute atomic E-state index is 0.122. The van der Waals surface area contributed by atoms with Crippen molar-refractivity contribution in [2.45, 2.75) is 46.3 Å². The molecule has 0 saturated carbocycles. The van der Waals surface area contributed by atoms with Gasteiger partial charge in [-0.3, -0.25) is 11.3 Å². The summed E-state index contributed by atoms with van der Waals surface area (Å²) in [5, 5.41) is 0. The number of hydrogen-bond acceptors (Lipinski definition) is 3. The van der Waals surface area contributed by atoms with Crippen LogP contribution in [-0.4, -0.2) is 19.3 Å². The van der Waals surface area contributed by atoms with Crippen LogP contribution in [0.2, 0.25) is 0 Å². The highest BCUT2D eigenvalue weighted by molar-refractivity contribution is 5.30. The zero-order chi connectivity index (χ0) is 13.7. The fourth-order valence-corrected chi connectivity index (χ4v) is 2.36. The van der Waals surface area contributed by atoms with Gasteiger partial charge in [-0.2, -0.15) is 0 Å². The molecule has 3 heteroatoms. The average molecular weight is 250 g/mol. The van der Waals surface area contributed by atoms with Gasteiger partial charge in [0.15, 0.2) is 0 Å². The molecule has 0 aliphatic heterocycles. The molecule has 18 heavy (non-hydrogen) atoms. The molecule has 0 heterocycles. The summed E-state index contributed by atoms with van der Waals surface area (Å²) in [6.07, 6.45) is 1.01. The van der Waals surface area contributed by atoms with Crippen molar-refractivity contribution in [2.24, 2.45) is 11.8 Å². The quantitative estimate of drug-likeness (QED) is 0.602. The molecule has 2 atom stereocenters. The predicted molar refractivity (Wildman–Crippen MR) is 76.4 cm³/mol. The molecule has 0 amide bonds. The number of methoxy groups -OCH3 is 1. The molecule has 1 aromatic rings. The lowest BCUT2D eigenvalue weighted by Crippen LogP contribution is -2.48.